The van der Waals surface area contributed by atoms with Crippen LogP contribution in [0.3, 0.4) is 0 Å². The van der Waals surface area contributed by atoms with Gasteiger partial charge in [0.2, 0.25) is 0 Å². The fraction of sp³-hybridized carbons (Fsp3) is 0.667. The maximum absolute atomic E-state index is 3.61. The van der Waals surface area contributed by atoms with E-state index in [9.17, 15) is 0 Å². The number of piperazine rings is 1. The summed E-state index contributed by atoms with van der Waals surface area (Å²) in [5.74, 6) is 0.729. The number of nitrogens with zero attached hydrogens (tertiary/aromatic N) is 2. The van der Waals surface area contributed by atoms with Crippen molar-refractivity contribution in [3.63, 3.8) is 0 Å². The molecule has 0 bridgehead atoms. The predicted octanol–water partition coefficient (Wildman–Crippen LogP) is 2.22. The molecule has 0 aliphatic carbocycles. The molecule has 118 valence electrons. The van der Waals surface area contributed by atoms with Crippen LogP contribution in [0.4, 0.5) is 0 Å². The monoisotopic (exact) mass is 289 g/mol. The van der Waals surface area contributed by atoms with Gasteiger partial charge in [-0.05, 0) is 37.6 Å². The van der Waals surface area contributed by atoms with Crippen molar-refractivity contribution in [2.75, 3.05) is 40.3 Å². The molecule has 0 aromatic heterocycles. The van der Waals surface area contributed by atoms with E-state index in [4.69, 9.17) is 0 Å². The smallest absolute Gasteiger partial charge is 0.0345 e. The van der Waals surface area contributed by atoms with Crippen molar-refractivity contribution in [1.29, 1.82) is 0 Å². The Balaban J connectivity index is 1.75. The first-order valence-electron chi connectivity index (χ1n) is 8.22. The van der Waals surface area contributed by atoms with Crippen LogP contribution in [-0.4, -0.2) is 56.1 Å². The molecule has 21 heavy (non-hydrogen) atoms. The second-order valence-corrected chi connectivity index (χ2v) is 6.94. The Morgan fingerprint density at radius 3 is 2.43 bits per heavy atom. The summed E-state index contributed by atoms with van der Waals surface area (Å²) in [6.45, 7) is 10.1. The maximum Gasteiger partial charge on any atom is 0.0345 e. The lowest BCUT2D eigenvalue weighted by Crippen LogP contribution is -2.53. The molecule has 1 atom stereocenters. The first kappa shape index (κ1) is 16.5. The zero-order chi connectivity index (χ0) is 15.2. The highest BCUT2D eigenvalue weighted by Crippen LogP contribution is 2.10. The van der Waals surface area contributed by atoms with Gasteiger partial charge in [-0.25, -0.2) is 0 Å². The second kappa shape index (κ2) is 7.92. The number of nitrogens with one attached hydrogen (secondary N) is 1. The largest absolute Gasteiger partial charge is 0.311 e. The Bertz CT molecular complexity index is 413. The van der Waals surface area contributed by atoms with Gasteiger partial charge in [0.1, 0.15) is 0 Å². The summed E-state index contributed by atoms with van der Waals surface area (Å²) in [5.41, 5.74) is 2.83. The lowest BCUT2D eigenvalue weighted by molar-refractivity contribution is 0.113. The minimum Gasteiger partial charge on any atom is -0.311 e. The zero-order valence-corrected chi connectivity index (χ0v) is 14.1. The fourth-order valence-electron chi connectivity index (χ4n) is 2.97. The summed E-state index contributed by atoms with van der Waals surface area (Å²) >= 11 is 0. The Morgan fingerprint density at radius 2 is 1.76 bits per heavy atom. The average molecular weight is 289 g/mol. The summed E-state index contributed by atoms with van der Waals surface area (Å²) in [4.78, 5) is 4.89. The second-order valence-electron chi connectivity index (χ2n) is 6.94. The molecule has 0 saturated carbocycles. The van der Waals surface area contributed by atoms with E-state index < -0.39 is 0 Å². The third-order valence-corrected chi connectivity index (χ3v) is 4.36. The van der Waals surface area contributed by atoms with Crippen LogP contribution in [-0.2, 0) is 13.0 Å². The van der Waals surface area contributed by atoms with E-state index in [0.717, 1.165) is 25.6 Å². The van der Waals surface area contributed by atoms with Crippen LogP contribution in [0.2, 0.25) is 0 Å². The normalized spacial score (nSPS) is 21.1. The van der Waals surface area contributed by atoms with Gasteiger partial charge in [0, 0.05) is 38.8 Å². The number of hydrogen-bond acceptors (Lipinski definition) is 3. The molecule has 1 aliphatic rings. The van der Waals surface area contributed by atoms with Gasteiger partial charge in [0.05, 0.1) is 0 Å². The van der Waals surface area contributed by atoms with Crippen molar-refractivity contribution < 1.29 is 0 Å². The van der Waals surface area contributed by atoms with Crippen LogP contribution in [0.1, 0.15) is 25.0 Å². The van der Waals surface area contributed by atoms with Gasteiger partial charge in [-0.2, -0.15) is 0 Å². The summed E-state index contributed by atoms with van der Waals surface area (Å²) in [7, 11) is 4.45. The molecular weight excluding hydrogens is 258 g/mol. The first-order valence-corrected chi connectivity index (χ1v) is 8.22. The van der Waals surface area contributed by atoms with E-state index >= 15 is 0 Å². The Kier molecular flexibility index (Phi) is 6.22. The van der Waals surface area contributed by atoms with Crippen molar-refractivity contribution in [2.24, 2.45) is 5.92 Å². The third kappa shape index (κ3) is 5.42. The van der Waals surface area contributed by atoms with E-state index in [1.165, 1.54) is 30.6 Å². The average Bonchev–Trinajstić information content (AvgIpc) is 2.44. The van der Waals surface area contributed by atoms with Crippen molar-refractivity contribution in [2.45, 2.75) is 32.9 Å². The topological polar surface area (TPSA) is 18.5 Å². The summed E-state index contributed by atoms with van der Waals surface area (Å²) in [6, 6.07) is 9.71. The van der Waals surface area contributed by atoms with Crippen LogP contribution in [0, 0.1) is 5.92 Å². The Morgan fingerprint density at radius 1 is 1.10 bits per heavy atom. The highest BCUT2D eigenvalue weighted by Gasteiger charge is 2.21. The SMILES string of the molecule is CC(C)Cc1ccc(CNC[C@H]2CN(C)CCN2C)cc1. The molecule has 3 heteroatoms. The lowest BCUT2D eigenvalue weighted by Gasteiger charge is -2.37. The van der Waals surface area contributed by atoms with E-state index in [1.807, 2.05) is 0 Å². The Hall–Kier alpha value is -0.900. The molecule has 1 saturated heterocycles. The quantitative estimate of drug-likeness (QED) is 0.866. The number of likely N-dealkylation sites (N-methyl/N-ethyl adjacent to an activating group) is 2. The van der Waals surface area contributed by atoms with Gasteiger partial charge in [-0.3, -0.25) is 4.90 Å². The van der Waals surface area contributed by atoms with Crippen molar-refractivity contribution in [1.82, 2.24) is 15.1 Å². The highest BCUT2D eigenvalue weighted by molar-refractivity contribution is 5.22. The molecule has 3 nitrogen and oxygen atoms in total. The molecule has 0 radical (unpaired) electrons. The molecule has 1 fully saturated rings. The Labute approximate surface area is 130 Å². The zero-order valence-electron chi connectivity index (χ0n) is 14.1. The van der Waals surface area contributed by atoms with E-state index in [-0.39, 0.29) is 0 Å². The van der Waals surface area contributed by atoms with Crippen molar-refractivity contribution >= 4 is 0 Å². The fourth-order valence-corrected chi connectivity index (χ4v) is 2.97. The minimum atomic E-state index is 0.629. The van der Waals surface area contributed by atoms with Crippen molar-refractivity contribution in [3.8, 4) is 0 Å². The van der Waals surface area contributed by atoms with Gasteiger partial charge >= 0.3 is 0 Å². The van der Waals surface area contributed by atoms with E-state index in [2.05, 4.69) is 67.3 Å². The molecule has 2 rings (SSSR count). The standard InChI is InChI=1S/C18H31N3/c1-15(2)11-16-5-7-17(8-6-16)12-19-13-18-14-20(3)9-10-21(18)4/h5-8,15,18-19H,9-14H2,1-4H3/t18-/m0/s1. The molecule has 0 amide bonds. The van der Waals surface area contributed by atoms with Crippen LogP contribution >= 0.6 is 0 Å². The maximum atomic E-state index is 3.61. The van der Waals surface area contributed by atoms with Crippen molar-refractivity contribution in [3.05, 3.63) is 35.4 Å². The summed E-state index contributed by atoms with van der Waals surface area (Å²) < 4.78 is 0. The van der Waals surface area contributed by atoms with Gasteiger partial charge < -0.3 is 10.2 Å². The van der Waals surface area contributed by atoms with E-state index in [1.54, 1.807) is 0 Å². The molecule has 1 aromatic rings. The number of hydrogen-bond donors (Lipinski definition) is 1. The predicted molar refractivity (Wildman–Crippen MR) is 90.6 cm³/mol. The molecule has 1 aliphatic heterocycles. The molecule has 1 heterocycles. The summed E-state index contributed by atoms with van der Waals surface area (Å²) in [6.07, 6.45) is 1.17. The third-order valence-electron chi connectivity index (χ3n) is 4.36. The van der Waals surface area contributed by atoms with Crippen LogP contribution in [0.25, 0.3) is 0 Å². The van der Waals surface area contributed by atoms with Gasteiger partial charge in [-0.15, -0.1) is 0 Å². The molecular formula is C18H31N3. The summed E-state index contributed by atoms with van der Waals surface area (Å²) in [5, 5.41) is 3.61. The van der Waals surface area contributed by atoms with Gasteiger partial charge in [0.25, 0.3) is 0 Å². The minimum absolute atomic E-state index is 0.629. The first-order chi connectivity index (χ1) is 10.0. The highest BCUT2D eigenvalue weighted by atomic mass is 15.3. The molecule has 1 N–H and O–H groups in total. The number of benzene rings is 1. The van der Waals surface area contributed by atoms with Gasteiger partial charge in [0.15, 0.2) is 0 Å². The lowest BCUT2D eigenvalue weighted by atomic mass is 10.0. The van der Waals surface area contributed by atoms with E-state index in [0.29, 0.717) is 6.04 Å². The molecule has 0 unspecified atom stereocenters. The molecule has 1 aromatic carbocycles. The van der Waals surface area contributed by atoms with Gasteiger partial charge in [-0.1, -0.05) is 38.1 Å². The van der Waals surface area contributed by atoms with Crippen LogP contribution in [0.5, 0.6) is 0 Å². The van der Waals surface area contributed by atoms with Crippen LogP contribution < -0.4 is 5.32 Å². The number of rotatable bonds is 6. The molecule has 0 spiro atoms. The van der Waals surface area contributed by atoms with Crippen LogP contribution in [0.15, 0.2) is 24.3 Å².